The first kappa shape index (κ1) is 20.2. The highest BCUT2D eigenvalue weighted by molar-refractivity contribution is 7.99. The minimum Gasteiger partial charge on any atom is -0.476 e. The van der Waals surface area contributed by atoms with Crippen LogP contribution in [0.4, 0.5) is 5.69 Å². The third-order valence-corrected chi connectivity index (χ3v) is 5.15. The first-order chi connectivity index (χ1) is 13.3. The van der Waals surface area contributed by atoms with Crippen LogP contribution >= 0.6 is 23.4 Å². The van der Waals surface area contributed by atoms with E-state index < -0.39 is 5.97 Å². The average molecular weight is 419 g/mol. The van der Waals surface area contributed by atoms with Crippen LogP contribution < -0.4 is 10.7 Å². The number of anilines is 1. The van der Waals surface area contributed by atoms with Gasteiger partial charge in [-0.2, -0.15) is 0 Å². The number of aromatic nitrogens is 1. The fraction of sp³-hybridized carbons (Fsp3) is 0.250. The normalized spacial score (nSPS) is 12.1. The summed E-state index contributed by atoms with van der Waals surface area (Å²) in [5, 5.41) is 13.7. The number of benzene rings is 1. The monoisotopic (exact) mass is 418 g/mol. The molecule has 0 aliphatic rings. The lowest BCUT2D eigenvalue weighted by atomic mass is 10.0. The molecule has 0 fully saturated rings. The molecule has 0 spiro atoms. The largest absolute Gasteiger partial charge is 0.476 e. The Kier molecular flexibility index (Phi) is 5.96. The van der Waals surface area contributed by atoms with Gasteiger partial charge in [-0.25, -0.2) is 9.78 Å². The van der Waals surface area contributed by atoms with E-state index in [-0.39, 0.29) is 22.3 Å². The molecule has 1 unspecified atom stereocenters. The SMILES string of the molecule is CCSc1cc(=O)c2cc(C)cc(C(C)Nc3ccc(Cl)nc3C(=O)O)c2o1. The van der Waals surface area contributed by atoms with E-state index >= 15 is 0 Å². The highest BCUT2D eigenvalue weighted by atomic mass is 35.5. The van der Waals surface area contributed by atoms with Crippen LogP contribution in [0.5, 0.6) is 0 Å². The van der Waals surface area contributed by atoms with E-state index in [9.17, 15) is 14.7 Å². The maximum atomic E-state index is 12.5. The van der Waals surface area contributed by atoms with Crippen molar-refractivity contribution < 1.29 is 14.3 Å². The molecule has 6 nitrogen and oxygen atoms in total. The van der Waals surface area contributed by atoms with E-state index in [4.69, 9.17) is 16.0 Å². The average Bonchev–Trinajstić information content (AvgIpc) is 2.63. The molecule has 2 N–H and O–H groups in total. The van der Waals surface area contributed by atoms with E-state index in [1.54, 1.807) is 12.1 Å². The minimum absolute atomic E-state index is 0.101. The molecule has 0 amide bonds. The summed E-state index contributed by atoms with van der Waals surface area (Å²) in [5.74, 6) is -0.401. The van der Waals surface area contributed by atoms with Crippen molar-refractivity contribution in [3.8, 4) is 0 Å². The molecule has 146 valence electrons. The Morgan fingerprint density at radius 3 is 2.79 bits per heavy atom. The summed E-state index contributed by atoms with van der Waals surface area (Å²) in [4.78, 5) is 27.9. The van der Waals surface area contributed by atoms with Gasteiger partial charge in [0.15, 0.2) is 16.2 Å². The van der Waals surface area contributed by atoms with Crippen molar-refractivity contribution >= 4 is 46.0 Å². The maximum absolute atomic E-state index is 12.5. The first-order valence-electron chi connectivity index (χ1n) is 8.67. The molecule has 0 saturated carbocycles. The Morgan fingerprint density at radius 1 is 1.36 bits per heavy atom. The van der Waals surface area contributed by atoms with Crippen LogP contribution in [0.1, 0.15) is 41.5 Å². The molecule has 0 aliphatic heterocycles. The van der Waals surface area contributed by atoms with E-state index in [1.165, 1.54) is 23.9 Å². The van der Waals surface area contributed by atoms with Crippen LogP contribution in [0.3, 0.4) is 0 Å². The summed E-state index contributed by atoms with van der Waals surface area (Å²) in [6.45, 7) is 5.75. The van der Waals surface area contributed by atoms with Gasteiger partial charge in [0, 0.05) is 11.6 Å². The number of hydrogen-bond donors (Lipinski definition) is 2. The van der Waals surface area contributed by atoms with E-state index in [2.05, 4.69) is 10.3 Å². The first-order valence-corrected chi connectivity index (χ1v) is 10.0. The topological polar surface area (TPSA) is 92.4 Å². The number of nitrogens with zero attached hydrogens (tertiary/aromatic N) is 1. The van der Waals surface area contributed by atoms with Gasteiger partial charge in [0.25, 0.3) is 0 Å². The number of fused-ring (bicyclic) bond motifs is 1. The zero-order valence-corrected chi connectivity index (χ0v) is 17.1. The molecule has 0 radical (unpaired) electrons. The van der Waals surface area contributed by atoms with Gasteiger partial charge in [-0.1, -0.05) is 36.4 Å². The van der Waals surface area contributed by atoms with Gasteiger partial charge in [-0.05, 0) is 43.4 Å². The number of carboxylic acids is 1. The predicted octanol–water partition coefficient (Wildman–Crippen LogP) is 5.13. The molecule has 0 aliphatic carbocycles. The minimum atomic E-state index is -1.18. The van der Waals surface area contributed by atoms with Crippen molar-refractivity contribution in [1.82, 2.24) is 4.98 Å². The van der Waals surface area contributed by atoms with Gasteiger partial charge in [-0.3, -0.25) is 4.79 Å². The van der Waals surface area contributed by atoms with Crippen LogP contribution in [0.15, 0.2) is 44.6 Å². The fourth-order valence-electron chi connectivity index (χ4n) is 2.97. The number of halogens is 1. The fourth-order valence-corrected chi connectivity index (χ4v) is 3.74. The third kappa shape index (κ3) is 4.15. The van der Waals surface area contributed by atoms with Gasteiger partial charge in [-0.15, -0.1) is 0 Å². The smallest absolute Gasteiger partial charge is 0.356 e. The summed E-state index contributed by atoms with van der Waals surface area (Å²) in [5.41, 5.74) is 2.23. The number of carbonyl (C=O) groups is 1. The van der Waals surface area contributed by atoms with E-state index in [0.717, 1.165) is 16.9 Å². The van der Waals surface area contributed by atoms with Crippen LogP contribution in [-0.4, -0.2) is 21.8 Å². The molecular formula is C20H19ClN2O4S. The molecule has 1 atom stereocenters. The van der Waals surface area contributed by atoms with Crippen molar-refractivity contribution in [3.63, 3.8) is 0 Å². The Hall–Kier alpha value is -2.51. The maximum Gasteiger partial charge on any atom is 0.356 e. The number of thioether (sulfide) groups is 1. The summed E-state index contributed by atoms with van der Waals surface area (Å²) in [6.07, 6.45) is 0. The molecule has 8 heteroatoms. The molecular weight excluding hydrogens is 400 g/mol. The van der Waals surface area contributed by atoms with Crippen LogP contribution in [0, 0.1) is 6.92 Å². The molecule has 3 aromatic rings. The molecule has 3 rings (SSSR count). The second kappa shape index (κ2) is 8.24. The van der Waals surface area contributed by atoms with Gasteiger partial charge in [0.1, 0.15) is 10.7 Å². The van der Waals surface area contributed by atoms with Crippen molar-refractivity contribution in [2.75, 3.05) is 11.1 Å². The molecule has 28 heavy (non-hydrogen) atoms. The summed E-state index contributed by atoms with van der Waals surface area (Å²) in [6, 6.07) is 7.98. The summed E-state index contributed by atoms with van der Waals surface area (Å²) < 4.78 is 5.99. The number of aromatic carboxylic acids is 1. The Labute approximate surface area is 170 Å². The summed E-state index contributed by atoms with van der Waals surface area (Å²) in [7, 11) is 0. The third-order valence-electron chi connectivity index (χ3n) is 4.17. The lowest BCUT2D eigenvalue weighted by molar-refractivity contribution is 0.0691. The Bertz CT molecular complexity index is 1110. The molecule has 0 bridgehead atoms. The Morgan fingerprint density at radius 2 is 2.11 bits per heavy atom. The molecule has 1 aromatic carbocycles. The number of aryl methyl sites for hydroxylation is 1. The number of carboxylic acid groups (broad SMARTS) is 1. The zero-order valence-electron chi connectivity index (χ0n) is 15.6. The Balaban J connectivity index is 2.10. The van der Waals surface area contributed by atoms with Crippen molar-refractivity contribution in [2.24, 2.45) is 0 Å². The van der Waals surface area contributed by atoms with Gasteiger partial charge >= 0.3 is 5.97 Å². The van der Waals surface area contributed by atoms with Gasteiger partial charge < -0.3 is 14.8 Å². The molecule has 2 aromatic heterocycles. The highest BCUT2D eigenvalue weighted by Gasteiger charge is 2.19. The zero-order chi connectivity index (χ0) is 20.4. The standard InChI is InChI=1S/C20H19ClN2O4S/c1-4-28-17-9-15(24)13-8-10(2)7-12(19(13)27-17)11(3)22-14-5-6-16(21)23-18(14)20(25)26/h5-9,11,22H,4H2,1-3H3,(H,25,26). The van der Waals surface area contributed by atoms with E-state index in [1.807, 2.05) is 26.8 Å². The molecule has 0 saturated heterocycles. The predicted molar refractivity (Wildman–Crippen MR) is 112 cm³/mol. The number of pyridine rings is 1. The van der Waals surface area contributed by atoms with Gasteiger partial charge in [0.2, 0.25) is 0 Å². The lowest BCUT2D eigenvalue weighted by Gasteiger charge is -2.19. The van der Waals surface area contributed by atoms with Crippen molar-refractivity contribution in [1.29, 1.82) is 0 Å². The van der Waals surface area contributed by atoms with Crippen LogP contribution in [0.2, 0.25) is 5.15 Å². The van der Waals surface area contributed by atoms with Crippen LogP contribution in [-0.2, 0) is 0 Å². The second-order valence-electron chi connectivity index (χ2n) is 6.29. The number of rotatable bonds is 6. The molecule has 2 heterocycles. The lowest BCUT2D eigenvalue weighted by Crippen LogP contribution is -2.13. The number of hydrogen-bond acceptors (Lipinski definition) is 6. The van der Waals surface area contributed by atoms with Crippen molar-refractivity contribution in [2.45, 2.75) is 31.9 Å². The van der Waals surface area contributed by atoms with Crippen molar-refractivity contribution in [3.05, 3.63) is 62.5 Å². The second-order valence-corrected chi connectivity index (χ2v) is 7.95. The van der Waals surface area contributed by atoms with Gasteiger partial charge in [0.05, 0.1) is 17.1 Å². The van der Waals surface area contributed by atoms with E-state index in [0.29, 0.717) is 21.7 Å². The number of nitrogens with one attached hydrogen (secondary N) is 1. The quantitative estimate of drug-likeness (QED) is 0.423. The highest BCUT2D eigenvalue weighted by Crippen LogP contribution is 2.31. The van der Waals surface area contributed by atoms with Crippen LogP contribution in [0.25, 0.3) is 11.0 Å². The summed E-state index contributed by atoms with van der Waals surface area (Å²) >= 11 is 7.28.